The highest BCUT2D eigenvalue weighted by Gasteiger charge is 2.52. The highest BCUT2D eigenvalue weighted by Crippen LogP contribution is 2.38. The zero-order valence-electron chi connectivity index (χ0n) is 13.4. The maximum atomic E-state index is 11.2. The molecule has 1 aliphatic heterocycles. The summed E-state index contributed by atoms with van der Waals surface area (Å²) >= 11 is 6.05. The van der Waals surface area contributed by atoms with Gasteiger partial charge in [-0.2, -0.15) is 0 Å². The Morgan fingerprint density at radius 1 is 1.27 bits per heavy atom. The van der Waals surface area contributed by atoms with Crippen LogP contribution in [0.3, 0.4) is 0 Å². The molecule has 2 rings (SSSR count). The van der Waals surface area contributed by atoms with E-state index in [1.807, 2.05) is 39.8 Å². The van der Waals surface area contributed by atoms with Crippen LogP contribution in [-0.2, 0) is 9.31 Å². The van der Waals surface area contributed by atoms with Gasteiger partial charge in [0.2, 0.25) is 0 Å². The Hall–Kier alpha value is -1.14. The summed E-state index contributed by atoms with van der Waals surface area (Å²) in [7, 11) is -0.534. The highest BCUT2D eigenvalue weighted by atomic mass is 35.5. The SMILES string of the molecule is CC1(C)OB(C(=Cc2cccc(Cl)c2C=O)CN)OC1(C)C. The smallest absolute Gasteiger partial charge is 0.400 e. The molecular weight excluding hydrogens is 300 g/mol. The Kier molecular flexibility index (Phi) is 4.83. The van der Waals surface area contributed by atoms with Crippen molar-refractivity contribution in [2.75, 3.05) is 6.54 Å². The fourth-order valence-electron chi connectivity index (χ4n) is 2.22. The zero-order valence-corrected chi connectivity index (χ0v) is 14.1. The summed E-state index contributed by atoms with van der Waals surface area (Å²) in [6.07, 6.45) is 2.56. The minimum Gasteiger partial charge on any atom is -0.400 e. The predicted octanol–water partition coefficient (Wildman–Crippen LogP) is 3.13. The average molecular weight is 322 g/mol. The minimum atomic E-state index is -0.534. The number of carbonyl (C=O) groups is 1. The second-order valence-corrected chi connectivity index (χ2v) is 6.78. The van der Waals surface area contributed by atoms with E-state index in [4.69, 9.17) is 26.6 Å². The third-order valence-electron chi connectivity index (χ3n) is 4.34. The molecule has 118 valence electrons. The van der Waals surface area contributed by atoms with Crippen molar-refractivity contribution in [2.24, 2.45) is 5.73 Å². The summed E-state index contributed by atoms with van der Waals surface area (Å²) in [5.74, 6) is 0. The fourth-order valence-corrected chi connectivity index (χ4v) is 2.45. The van der Waals surface area contributed by atoms with Crippen LogP contribution in [0, 0.1) is 0 Å². The molecule has 1 aliphatic rings. The van der Waals surface area contributed by atoms with Gasteiger partial charge in [-0.05, 0) is 44.8 Å². The van der Waals surface area contributed by atoms with Gasteiger partial charge in [-0.25, -0.2) is 0 Å². The molecule has 4 nitrogen and oxygen atoms in total. The number of benzene rings is 1. The number of carbonyl (C=O) groups excluding carboxylic acids is 1. The van der Waals surface area contributed by atoms with Gasteiger partial charge < -0.3 is 15.0 Å². The molecule has 1 aromatic carbocycles. The quantitative estimate of drug-likeness (QED) is 0.683. The number of halogens is 1. The van der Waals surface area contributed by atoms with Crippen LogP contribution in [0.4, 0.5) is 0 Å². The van der Waals surface area contributed by atoms with Gasteiger partial charge in [0.25, 0.3) is 0 Å². The van der Waals surface area contributed by atoms with Gasteiger partial charge in [0.1, 0.15) is 0 Å². The van der Waals surface area contributed by atoms with Crippen molar-refractivity contribution in [3.63, 3.8) is 0 Å². The first kappa shape index (κ1) is 17.2. The minimum absolute atomic E-state index is 0.266. The van der Waals surface area contributed by atoms with E-state index in [2.05, 4.69) is 0 Å². The third-order valence-corrected chi connectivity index (χ3v) is 4.67. The second kappa shape index (κ2) is 6.16. The van der Waals surface area contributed by atoms with Gasteiger partial charge in [0.15, 0.2) is 6.29 Å². The Morgan fingerprint density at radius 3 is 2.36 bits per heavy atom. The predicted molar refractivity (Wildman–Crippen MR) is 90.0 cm³/mol. The topological polar surface area (TPSA) is 61.5 Å². The van der Waals surface area contributed by atoms with Gasteiger partial charge >= 0.3 is 7.12 Å². The van der Waals surface area contributed by atoms with Gasteiger partial charge in [-0.3, -0.25) is 4.79 Å². The van der Waals surface area contributed by atoms with Crippen LogP contribution >= 0.6 is 11.6 Å². The molecule has 0 radical (unpaired) electrons. The zero-order chi connectivity index (χ0) is 16.5. The molecule has 1 fully saturated rings. The van der Waals surface area contributed by atoms with Gasteiger partial charge in [0.05, 0.1) is 16.2 Å². The lowest BCUT2D eigenvalue weighted by Crippen LogP contribution is -2.41. The van der Waals surface area contributed by atoms with Crippen LogP contribution in [0.2, 0.25) is 5.02 Å². The van der Waals surface area contributed by atoms with Crippen LogP contribution in [0.15, 0.2) is 23.7 Å². The maximum absolute atomic E-state index is 11.2. The second-order valence-electron chi connectivity index (χ2n) is 6.37. The molecule has 0 spiro atoms. The molecular formula is C16H21BClNO3. The first-order valence-corrected chi connectivity index (χ1v) is 7.59. The third kappa shape index (κ3) is 3.13. The van der Waals surface area contributed by atoms with Gasteiger partial charge in [-0.1, -0.05) is 29.8 Å². The summed E-state index contributed by atoms with van der Waals surface area (Å²) in [5, 5.41) is 0.411. The number of rotatable bonds is 4. The normalized spacial score (nSPS) is 20.3. The summed E-state index contributed by atoms with van der Waals surface area (Å²) in [5.41, 5.74) is 6.89. The van der Waals surface area contributed by atoms with E-state index in [0.29, 0.717) is 16.1 Å². The highest BCUT2D eigenvalue weighted by molar-refractivity contribution is 6.56. The Bertz CT molecular complexity index is 597. The van der Waals surface area contributed by atoms with Crippen molar-refractivity contribution in [3.8, 4) is 0 Å². The molecule has 0 saturated carbocycles. The molecule has 0 bridgehead atoms. The molecule has 1 heterocycles. The van der Waals surface area contributed by atoms with Crippen molar-refractivity contribution in [2.45, 2.75) is 38.9 Å². The fraction of sp³-hybridized carbons (Fsp3) is 0.438. The Balaban J connectivity index is 2.38. The summed E-state index contributed by atoms with van der Waals surface area (Å²) in [4.78, 5) is 11.2. The van der Waals surface area contributed by atoms with Crippen LogP contribution in [0.5, 0.6) is 0 Å². The molecule has 6 heteroatoms. The first-order chi connectivity index (χ1) is 10.2. The van der Waals surface area contributed by atoms with Crippen molar-refractivity contribution in [1.82, 2.24) is 0 Å². The average Bonchev–Trinajstić information content (AvgIpc) is 2.64. The van der Waals surface area contributed by atoms with E-state index in [-0.39, 0.29) is 6.54 Å². The molecule has 22 heavy (non-hydrogen) atoms. The Morgan fingerprint density at radius 2 is 1.86 bits per heavy atom. The molecule has 2 N–H and O–H groups in total. The first-order valence-electron chi connectivity index (χ1n) is 7.21. The van der Waals surface area contributed by atoms with Crippen LogP contribution in [0.25, 0.3) is 6.08 Å². The summed E-state index contributed by atoms with van der Waals surface area (Å²) in [6, 6.07) is 5.29. The lowest BCUT2D eigenvalue weighted by Gasteiger charge is -2.32. The van der Waals surface area contributed by atoms with Crippen molar-refractivity contribution in [3.05, 3.63) is 39.8 Å². The molecule has 0 aliphatic carbocycles. The van der Waals surface area contributed by atoms with Crippen molar-refractivity contribution in [1.29, 1.82) is 0 Å². The van der Waals surface area contributed by atoms with E-state index in [9.17, 15) is 4.79 Å². The molecule has 1 aromatic rings. The number of aldehydes is 1. The summed E-state index contributed by atoms with van der Waals surface area (Å²) < 4.78 is 12.0. The molecule has 0 amide bonds. The molecule has 0 unspecified atom stereocenters. The van der Waals surface area contributed by atoms with Crippen molar-refractivity contribution >= 4 is 31.1 Å². The van der Waals surface area contributed by atoms with E-state index < -0.39 is 18.3 Å². The van der Waals surface area contributed by atoms with Gasteiger partial charge in [-0.15, -0.1) is 0 Å². The Labute approximate surface area is 136 Å². The van der Waals surface area contributed by atoms with E-state index >= 15 is 0 Å². The lowest BCUT2D eigenvalue weighted by atomic mass is 9.77. The van der Waals surface area contributed by atoms with Crippen LogP contribution in [-0.4, -0.2) is 31.2 Å². The largest absolute Gasteiger partial charge is 0.491 e. The monoisotopic (exact) mass is 321 g/mol. The number of hydrogen-bond acceptors (Lipinski definition) is 4. The van der Waals surface area contributed by atoms with Crippen LogP contribution < -0.4 is 5.73 Å². The number of nitrogens with two attached hydrogens (primary N) is 1. The van der Waals surface area contributed by atoms with E-state index in [1.165, 1.54) is 0 Å². The van der Waals surface area contributed by atoms with E-state index in [1.54, 1.807) is 12.1 Å². The van der Waals surface area contributed by atoms with Gasteiger partial charge in [0, 0.05) is 12.1 Å². The molecule has 0 atom stereocenters. The van der Waals surface area contributed by atoms with Crippen molar-refractivity contribution < 1.29 is 14.1 Å². The molecule has 0 aromatic heterocycles. The molecule has 1 saturated heterocycles. The maximum Gasteiger partial charge on any atom is 0.491 e. The number of hydrogen-bond donors (Lipinski definition) is 1. The lowest BCUT2D eigenvalue weighted by molar-refractivity contribution is 0.00578. The van der Waals surface area contributed by atoms with Crippen LogP contribution in [0.1, 0.15) is 43.6 Å². The van der Waals surface area contributed by atoms with E-state index in [0.717, 1.165) is 11.8 Å². The summed E-state index contributed by atoms with van der Waals surface area (Å²) in [6.45, 7) is 8.20. The standard InChI is InChI=1S/C16H21BClNO3/c1-15(2)16(3,4)22-17(21-15)12(9-19)8-11-6-5-7-14(18)13(11)10-20/h5-8,10H,9,19H2,1-4H3.